The van der Waals surface area contributed by atoms with Gasteiger partial charge in [0.25, 0.3) is 0 Å². The van der Waals surface area contributed by atoms with Crippen molar-refractivity contribution in [1.29, 1.82) is 0 Å². The van der Waals surface area contributed by atoms with E-state index in [9.17, 15) is 0 Å². The molecule has 2 nitrogen and oxygen atoms in total. The molecule has 64 valence electrons. The Hall–Kier alpha value is 0.620. The second kappa shape index (κ2) is 2.55. The van der Waals surface area contributed by atoms with Crippen LogP contribution in [0.5, 0.6) is 0 Å². The fourth-order valence-corrected chi connectivity index (χ4v) is 5.01. The van der Waals surface area contributed by atoms with E-state index in [2.05, 4.69) is 30.8 Å². The molecule has 2 unspecified atom stereocenters. The average molecular weight is 190 g/mol. The molecule has 2 atom stereocenters. The minimum absolute atomic E-state index is 0.355. The van der Waals surface area contributed by atoms with Crippen molar-refractivity contribution in [2.75, 3.05) is 27.2 Å². The van der Waals surface area contributed by atoms with Gasteiger partial charge in [-0.05, 0) is 21.0 Å². The maximum Gasteiger partial charge on any atom is 0.0872 e. The van der Waals surface area contributed by atoms with E-state index in [1.807, 2.05) is 21.6 Å². The van der Waals surface area contributed by atoms with Gasteiger partial charge in [-0.3, -0.25) is 9.80 Å². The van der Waals surface area contributed by atoms with E-state index in [1.54, 1.807) is 0 Å². The van der Waals surface area contributed by atoms with Crippen LogP contribution in [0.2, 0.25) is 0 Å². The molecule has 3 rings (SSSR count). The van der Waals surface area contributed by atoms with Crippen molar-refractivity contribution < 1.29 is 0 Å². The van der Waals surface area contributed by atoms with E-state index in [-0.39, 0.29) is 0 Å². The molecule has 0 amide bonds. The summed E-state index contributed by atoms with van der Waals surface area (Å²) in [5, 5.41) is 0.715. The Morgan fingerprint density at radius 1 is 1.45 bits per heavy atom. The van der Waals surface area contributed by atoms with Crippen LogP contribution in [0.15, 0.2) is 0 Å². The predicted octanol–water partition coefficient (Wildman–Crippen LogP) is 1.30. The summed E-state index contributed by atoms with van der Waals surface area (Å²) >= 11 is 0. The summed E-state index contributed by atoms with van der Waals surface area (Å²) < 4.78 is 0. The third kappa shape index (κ3) is 1.20. The third-order valence-corrected chi connectivity index (χ3v) is 6.27. The monoisotopic (exact) mass is 190 g/mol. The maximum absolute atomic E-state index is 2.47. The lowest BCUT2D eigenvalue weighted by Crippen LogP contribution is -2.62. The first-order valence-electron chi connectivity index (χ1n) is 3.88. The number of likely N-dealkylation sites (N-methyl/N-ethyl adjacent to an activating group) is 2. The van der Waals surface area contributed by atoms with Gasteiger partial charge in [-0.2, -0.15) is 0 Å². The molecule has 0 spiro atoms. The summed E-state index contributed by atoms with van der Waals surface area (Å²) in [4.78, 5) is 5.29. The summed E-state index contributed by atoms with van der Waals surface area (Å²) in [6.07, 6.45) is 0. The molecular formula is C7H14N2S2. The van der Waals surface area contributed by atoms with Crippen LogP contribution in [-0.4, -0.2) is 47.2 Å². The molecule has 3 heterocycles. The van der Waals surface area contributed by atoms with Crippen LogP contribution in [0.4, 0.5) is 0 Å². The van der Waals surface area contributed by atoms with Gasteiger partial charge < -0.3 is 0 Å². The fourth-order valence-electron chi connectivity index (χ4n) is 1.61. The SMILES string of the molecule is CN1CC2(C)SSC1CN2C. The highest BCUT2D eigenvalue weighted by Crippen LogP contribution is 2.50. The molecule has 0 aromatic carbocycles. The van der Waals surface area contributed by atoms with Crippen molar-refractivity contribution in [1.82, 2.24) is 9.80 Å². The standard InChI is InChI=1S/C7H14N2S2/c1-7-5-8(2)6(10-11-7)4-9(7)3/h6H,4-5H2,1-3H3. The average Bonchev–Trinajstić information content (AvgIpc) is 1.92. The minimum atomic E-state index is 0.355. The van der Waals surface area contributed by atoms with E-state index in [4.69, 9.17) is 0 Å². The highest BCUT2D eigenvalue weighted by atomic mass is 33.1. The number of piperazine rings is 1. The molecular weight excluding hydrogens is 176 g/mol. The van der Waals surface area contributed by atoms with Crippen LogP contribution < -0.4 is 0 Å². The zero-order valence-corrected chi connectivity index (χ0v) is 8.84. The first kappa shape index (κ1) is 8.23. The molecule has 3 aliphatic heterocycles. The molecule has 3 aliphatic rings. The molecule has 0 saturated carbocycles. The molecule has 11 heavy (non-hydrogen) atoms. The molecule has 3 saturated heterocycles. The highest BCUT2D eigenvalue weighted by Gasteiger charge is 2.45. The Bertz CT molecular complexity index is 176. The first-order chi connectivity index (χ1) is 5.12. The van der Waals surface area contributed by atoms with Crippen molar-refractivity contribution in [2.45, 2.75) is 17.2 Å². The number of fused-ring (bicyclic) bond motifs is 3. The highest BCUT2D eigenvalue weighted by molar-refractivity contribution is 8.77. The fraction of sp³-hybridized carbons (Fsp3) is 1.00. The molecule has 0 radical (unpaired) electrons. The Morgan fingerprint density at radius 3 is 2.55 bits per heavy atom. The summed E-state index contributed by atoms with van der Waals surface area (Å²) in [6.45, 7) is 4.74. The van der Waals surface area contributed by atoms with E-state index < -0.39 is 0 Å². The van der Waals surface area contributed by atoms with Gasteiger partial charge in [0.15, 0.2) is 0 Å². The van der Waals surface area contributed by atoms with Crippen molar-refractivity contribution in [3.8, 4) is 0 Å². The molecule has 0 aromatic heterocycles. The van der Waals surface area contributed by atoms with Crippen molar-refractivity contribution >= 4 is 21.6 Å². The third-order valence-electron chi connectivity index (χ3n) is 2.61. The lowest BCUT2D eigenvalue weighted by atomic mass is 10.2. The lowest BCUT2D eigenvalue weighted by molar-refractivity contribution is 0.0866. The topological polar surface area (TPSA) is 6.48 Å². The molecule has 4 heteroatoms. The van der Waals surface area contributed by atoms with Gasteiger partial charge in [0.2, 0.25) is 0 Å². The van der Waals surface area contributed by atoms with Crippen LogP contribution in [0, 0.1) is 0 Å². The zero-order valence-electron chi connectivity index (χ0n) is 7.20. The lowest BCUT2D eigenvalue weighted by Gasteiger charge is -2.54. The molecule has 0 N–H and O–H groups in total. The summed E-state index contributed by atoms with van der Waals surface area (Å²) in [6, 6.07) is 0. The quantitative estimate of drug-likeness (QED) is 0.531. The molecule has 0 aromatic rings. The van der Waals surface area contributed by atoms with Crippen molar-refractivity contribution in [3.63, 3.8) is 0 Å². The Labute approximate surface area is 76.1 Å². The number of hydrogen-bond donors (Lipinski definition) is 0. The van der Waals surface area contributed by atoms with Crippen molar-refractivity contribution in [3.05, 3.63) is 0 Å². The normalized spacial score (nSPS) is 46.6. The number of nitrogens with zero attached hydrogens (tertiary/aromatic N) is 2. The van der Waals surface area contributed by atoms with E-state index in [0.717, 1.165) is 0 Å². The first-order valence-corrected chi connectivity index (χ1v) is 6.09. The molecule has 0 aliphatic carbocycles. The van der Waals surface area contributed by atoms with Crippen molar-refractivity contribution in [2.24, 2.45) is 0 Å². The Balaban J connectivity index is 2.19. The maximum atomic E-state index is 2.47. The zero-order chi connectivity index (χ0) is 8.06. The van der Waals surface area contributed by atoms with Gasteiger partial charge >= 0.3 is 0 Å². The smallest absolute Gasteiger partial charge is 0.0872 e. The van der Waals surface area contributed by atoms with E-state index in [0.29, 0.717) is 10.2 Å². The molecule has 2 bridgehead atoms. The van der Waals surface area contributed by atoms with Crippen LogP contribution in [0.1, 0.15) is 6.92 Å². The van der Waals surface area contributed by atoms with Gasteiger partial charge in [-0.25, -0.2) is 0 Å². The van der Waals surface area contributed by atoms with Gasteiger partial charge in [-0.1, -0.05) is 21.6 Å². The largest absolute Gasteiger partial charge is 0.290 e. The van der Waals surface area contributed by atoms with Crippen LogP contribution >= 0.6 is 21.6 Å². The van der Waals surface area contributed by atoms with Gasteiger partial charge in [0.05, 0.1) is 10.2 Å². The molecule has 3 fully saturated rings. The number of hydrogen-bond acceptors (Lipinski definition) is 4. The predicted molar refractivity (Wildman–Crippen MR) is 52.6 cm³/mol. The number of rotatable bonds is 0. The second-order valence-electron chi connectivity index (χ2n) is 3.60. The van der Waals surface area contributed by atoms with E-state index >= 15 is 0 Å². The summed E-state index contributed by atoms with van der Waals surface area (Å²) in [5.41, 5.74) is 0. The van der Waals surface area contributed by atoms with Crippen LogP contribution in [0.25, 0.3) is 0 Å². The van der Waals surface area contributed by atoms with Crippen LogP contribution in [0.3, 0.4) is 0 Å². The minimum Gasteiger partial charge on any atom is -0.290 e. The van der Waals surface area contributed by atoms with Gasteiger partial charge in [0.1, 0.15) is 0 Å². The Kier molecular flexibility index (Phi) is 1.91. The second-order valence-corrected chi connectivity index (χ2v) is 6.46. The van der Waals surface area contributed by atoms with Gasteiger partial charge in [-0.15, -0.1) is 0 Å². The Morgan fingerprint density at radius 2 is 2.18 bits per heavy atom. The van der Waals surface area contributed by atoms with Gasteiger partial charge in [0, 0.05) is 13.1 Å². The van der Waals surface area contributed by atoms with Crippen LogP contribution in [-0.2, 0) is 0 Å². The summed E-state index contributed by atoms with van der Waals surface area (Å²) in [5.74, 6) is 0. The van der Waals surface area contributed by atoms with E-state index in [1.165, 1.54) is 13.1 Å². The summed E-state index contributed by atoms with van der Waals surface area (Å²) in [7, 11) is 8.51.